The summed E-state index contributed by atoms with van der Waals surface area (Å²) in [6, 6.07) is 5.81. The van der Waals surface area contributed by atoms with Gasteiger partial charge in [0.15, 0.2) is 5.82 Å². The van der Waals surface area contributed by atoms with E-state index in [1.54, 1.807) is 4.68 Å². The van der Waals surface area contributed by atoms with Crippen molar-refractivity contribution in [3.8, 4) is 5.82 Å². The van der Waals surface area contributed by atoms with Crippen LogP contribution >= 0.6 is 0 Å². The zero-order chi connectivity index (χ0) is 11.8. The summed E-state index contributed by atoms with van der Waals surface area (Å²) in [4.78, 5) is 4.43. The quantitative estimate of drug-likeness (QED) is 0.875. The molecule has 0 unspecified atom stereocenters. The zero-order valence-corrected chi connectivity index (χ0v) is 9.80. The van der Waals surface area contributed by atoms with Gasteiger partial charge in [-0.05, 0) is 43.5 Å². The Labute approximate surface area is 99.9 Å². The number of pyridine rings is 1. The molecule has 0 bridgehead atoms. The van der Waals surface area contributed by atoms with Crippen LogP contribution in [0.3, 0.4) is 0 Å². The summed E-state index contributed by atoms with van der Waals surface area (Å²) in [7, 11) is 0. The summed E-state index contributed by atoms with van der Waals surface area (Å²) in [5.74, 6) is 1.43. The number of aliphatic hydroxyl groups is 1. The Morgan fingerprint density at radius 3 is 2.94 bits per heavy atom. The van der Waals surface area contributed by atoms with Crippen molar-refractivity contribution in [1.82, 2.24) is 14.8 Å². The third-order valence-corrected chi connectivity index (χ3v) is 3.02. The van der Waals surface area contributed by atoms with E-state index >= 15 is 0 Å². The predicted octanol–water partition coefficient (Wildman–Crippen LogP) is 1.95. The SMILES string of the molecule is Cc1cc(CO)cc(-n2ccc(C3CC3)n2)n1. The van der Waals surface area contributed by atoms with Crippen molar-refractivity contribution in [1.29, 1.82) is 0 Å². The molecule has 4 nitrogen and oxygen atoms in total. The molecule has 0 radical (unpaired) electrons. The minimum atomic E-state index is 0.0348. The fourth-order valence-electron chi connectivity index (χ4n) is 1.99. The van der Waals surface area contributed by atoms with E-state index in [1.165, 1.54) is 12.8 Å². The molecule has 3 rings (SSSR count). The Bertz CT molecular complexity index is 543. The lowest BCUT2D eigenvalue weighted by atomic mass is 10.2. The molecule has 2 aromatic rings. The second-order valence-electron chi connectivity index (χ2n) is 4.59. The summed E-state index contributed by atoms with van der Waals surface area (Å²) in [5, 5.41) is 13.7. The van der Waals surface area contributed by atoms with E-state index in [0.717, 1.165) is 22.8 Å². The number of nitrogens with zero attached hydrogens (tertiary/aromatic N) is 3. The van der Waals surface area contributed by atoms with Crippen LogP contribution in [-0.2, 0) is 6.61 Å². The van der Waals surface area contributed by atoms with Gasteiger partial charge in [0.2, 0.25) is 0 Å². The van der Waals surface area contributed by atoms with Gasteiger partial charge in [-0.3, -0.25) is 0 Å². The average Bonchev–Trinajstić information content (AvgIpc) is 3.06. The fourth-order valence-corrected chi connectivity index (χ4v) is 1.99. The third kappa shape index (κ3) is 2.08. The molecule has 0 spiro atoms. The molecule has 1 fully saturated rings. The van der Waals surface area contributed by atoms with Crippen LogP contribution in [0.1, 0.15) is 35.7 Å². The number of hydrogen-bond donors (Lipinski definition) is 1. The zero-order valence-electron chi connectivity index (χ0n) is 9.80. The lowest BCUT2D eigenvalue weighted by Crippen LogP contribution is -2.02. The Morgan fingerprint density at radius 1 is 1.41 bits per heavy atom. The van der Waals surface area contributed by atoms with Gasteiger partial charge in [-0.25, -0.2) is 9.67 Å². The van der Waals surface area contributed by atoms with Gasteiger partial charge >= 0.3 is 0 Å². The van der Waals surface area contributed by atoms with Crippen LogP contribution in [-0.4, -0.2) is 19.9 Å². The van der Waals surface area contributed by atoms with E-state index in [-0.39, 0.29) is 6.61 Å². The van der Waals surface area contributed by atoms with Crippen molar-refractivity contribution in [2.45, 2.75) is 32.3 Å². The van der Waals surface area contributed by atoms with Gasteiger partial charge in [-0.1, -0.05) is 0 Å². The molecule has 0 aromatic carbocycles. The van der Waals surface area contributed by atoms with Crippen molar-refractivity contribution in [3.05, 3.63) is 41.3 Å². The number of aromatic nitrogens is 3. The van der Waals surface area contributed by atoms with Crippen molar-refractivity contribution in [2.75, 3.05) is 0 Å². The van der Waals surface area contributed by atoms with Gasteiger partial charge in [-0.15, -0.1) is 0 Å². The molecule has 0 aliphatic heterocycles. The third-order valence-electron chi connectivity index (χ3n) is 3.02. The summed E-state index contributed by atoms with van der Waals surface area (Å²) >= 11 is 0. The van der Waals surface area contributed by atoms with Crippen molar-refractivity contribution in [2.24, 2.45) is 0 Å². The Balaban J connectivity index is 1.98. The normalized spacial score (nSPS) is 15.2. The Morgan fingerprint density at radius 2 is 2.24 bits per heavy atom. The van der Waals surface area contributed by atoms with Crippen molar-refractivity contribution < 1.29 is 5.11 Å². The number of rotatable bonds is 3. The van der Waals surface area contributed by atoms with Gasteiger partial charge in [0.1, 0.15) is 0 Å². The van der Waals surface area contributed by atoms with Crippen molar-refractivity contribution in [3.63, 3.8) is 0 Å². The van der Waals surface area contributed by atoms with E-state index in [1.807, 2.05) is 25.3 Å². The van der Waals surface area contributed by atoms with E-state index < -0.39 is 0 Å². The van der Waals surface area contributed by atoms with E-state index in [9.17, 15) is 5.11 Å². The highest BCUT2D eigenvalue weighted by atomic mass is 16.3. The summed E-state index contributed by atoms with van der Waals surface area (Å²) < 4.78 is 1.79. The van der Waals surface area contributed by atoms with Crippen molar-refractivity contribution >= 4 is 0 Å². The van der Waals surface area contributed by atoms with Gasteiger partial charge in [0.25, 0.3) is 0 Å². The molecule has 0 amide bonds. The molecular formula is C13H15N3O. The minimum absolute atomic E-state index is 0.0348. The molecule has 0 saturated heterocycles. The maximum Gasteiger partial charge on any atom is 0.153 e. The van der Waals surface area contributed by atoms with Gasteiger partial charge < -0.3 is 5.11 Å². The van der Waals surface area contributed by atoms with Crippen LogP contribution in [0, 0.1) is 6.92 Å². The van der Waals surface area contributed by atoms with E-state index in [4.69, 9.17) is 0 Å². The maximum absolute atomic E-state index is 9.18. The van der Waals surface area contributed by atoms with Gasteiger partial charge in [0, 0.05) is 17.8 Å². The molecule has 17 heavy (non-hydrogen) atoms. The highest BCUT2D eigenvalue weighted by molar-refractivity contribution is 5.30. The lowest BCUT2D eigenvalue weighted by molar-refractivity contribution is 0.281. The van der Waals surface area contributed by atoms with Gasteiger partial charge in [0.05, 0.1) is 12.3 Å². The largest absolute Gasteiger partial charge is 0.392 e. The molecule has 1 aliphatic rings. The van der Waals surface area contributed by atoms with E-state index in [2.05, 4.69) is 16.1 Å². The smallest absolute Gasteiger partial charge is 0.153 e. The standard InChI is InChI=1S/C13H15N3O/c1-9-6-10(8-17)7-13(14-9)16-5-4-12(15-16)11-2-3-11/h4-7,11,17H,2-3,8H2,1H3. The number of aryl methyl sites for hydroxylation is 1. The first kappa shape index (κ1) is 10.5. The van der Waals surface area contributed by atoms with Crippen LogP contribution < -0.4 is 0 Å². The Kier molecular flexibility index (Phi) is 2.44. The summed E-state index contributed by atoms with van der Waals surface area (Å²) in [6.07, 6.45) is 4.44. The molecule has 1 N–H and O–H groups in total. The highest BCUT2D eigenvalue weighted by Crippen LogP contribution is 2.38. The second kappa shape index (κ2) is 3.96. The molecule has 4 heteroatoms. The molecule has 1 saturated carbocycles. The molecule has 0 atom stereocenters. The first-order chi connectivity index (χ1) is 8.26. The number of aliphatic hydroxyl groups excluding tert-OH is 1. The number of hydrogen-bond acceptors (Lipinski definition) is 3. The average molecular weight is 229 g/mol. The van der Waals surface area contributed by atoms with Crippen LogP contribution in [0.4, 0.5) is 0 Å². The Hall–Kier alpha value is -1.68. The first-order valence-corrected chi connectivity index (χ1v) is 5.90. The summed E-state index contributed by atoms with van der Waals surface area (Å²) in [6.45, 7) is 1.96. The molecule has 88 valence electrons. The van der Waals surface area contributed by atoms with Crippen LogP contribution in [0.15, 0.2) is 24.4 Å². The van der Waals surface area contributed by atoms with Gasteiger partial charge in [-0.2, -0.15) is 5.10 Å². The minimum Gasteiger partial charge on any atom is -0.392 e. The molecule has 2 aromatic heterocycles. The highest BCUT2D eigenvalue weighted by Gasteiger charge is 2.25. The topological polar surface area (TPSA) is 50.9 Å². The molecular weight excluding hydrogens is 214 g/mol. The molecule has 1 aliphatic carbocycles. The second-order valence-corrected chi connectivity index (χ2v) is 4.59. The van der Waals surface area contributed by atoms with Crippen LogP contribution in [0.5, 0.6) is 0 Å². The fraction of sp³-hybridized carbons (Fsp3) is 0.385. The monoisotopic (exact) mass is 229 g/mol. The summed E-state index contributed by atoms with van der Waals surface area (Å²) in [5.41, 5.74) is 2.92. The predicted molar refractivity (Wildman–Crippen MR) is 64.0 cm³/mol. The van der Waals surface area contributed by atoms with E-state index in [0.29, 0.717) is 5.92 Å². The first-order valence-electron chi connectivity index (χ1n) is 5.90. The maximum atomic E-state index is 9.18. The van der Waals surface area contributed by atoms with Crippen LogP contribution in [0.2, 0.25) is 0 Å². The van der Waals surface area contributed by atoms with Crippen LogP contribution in [0.25, 0.3) is 5.82 Å². The lowest BCUT2D eigenvalue weighted by Gasteiger charge is -2.04. The molecule has 2 heterocycles.